The van der Waals surface area contributed by atoms with Gasteiger partial charge in [-0.3, -0.25) is 0 Å². The highest BCUT2D eigenvalue weighted by Gasteiger charge is 2.12. The van der Waals surface area contributed by atoms with Crippen molar-refractivity contribution in [3.05, 3.63) is 24.3 Å². The summed E-state index contributed by atoms with van der Waals surface area (Å²) in [7, 11) is 1.86. The lowest BCUT2D eigenvalue weighted by Crippen LogP contribution is -2.18. The smallest absolute Gasteiger partial charge is 0.181 e. The average Bonchev–Trinajstić information content (AvgIpc) is 2.72. The zero-order valence-corrected chi connectivity index (χ0v) is 11.9. The molecule has 1 saturated carbocycles. The predicted octanol–water partition coefficient (Wildman–Crippen LogP) is 3.01. The first-order chi connectivity index (χ1) is 9.83. The van der Waals surface area contributed by atoms with Gasteiger partial charge < -0.3 is 5.32 Å². The lowest BCUT2D eigenvalue weighted by molar-refractivity contribution is 0.620. The summed E-state index contributed by atoms with van der Waals surface area (Å²) in [5, 5.41) is 15.3. The van der Waals surface area contributed by atoms with E-state index in [0.29, 0.717) is 6.04 Å². The number of nitrogens with zero attached hydrogens (tertiary/aromatic N) is 4. The van der Waals surface area contributed by atoms with Crippen molar-refractivity contribution in [3.63, 3.8) is 0 Å². The minimum absolute atomic E-state index is 0.602. The van der Waals surface area contributed by atoms with Crippen molar-refractivity contribution < 1.29 is 0 Å². The van der Waals surface area contributed by atoms with Crippen LogP contribution in [0.4, 0.5) is 5.69 Å². The van der Waals surface area contributed by atoms with Crippen molar-refractivity contribution in [1.82, 2.24) is 20.2 Å². The highest BCUT2D eigenvalue weighted by Crippen LogP contribution is 2.24. The fourth-order valence-corrected chi connectivity index (χ4v) is 2.88. The third kappa shape index (κ3) is 2.98. The first kappa shape index (κ1) is 13.1. The van der Waals surface area contributed by atoms with Gasteiger partial charge in [0.2, 0.25) is 0 Å². The normalized spacial score (nSPS) is 16.9. The van der Waals surface area contributed by atoms with Crippen molar-refractivity contribution in [2.45, 2.75) is 44.6 Å². The molecule has 0 saturated heterocycles. The maximum absolute atomic E-state index is 4.06. The van der Waals surface area contributed by atoms with Crippen LogP contribution in [-0.2, 0) is 7.05 Å². The molecule has 5 nitrogen and oxygen atoms in total. The summed E-state index contributed by atoms with van der Waals surface area (Å²) in [5.74, 6) is 0.800. The molecule has 1 N–H and O–H groups in total. The molecule has 0 spiro atoms. The molecule has 1 aromatic carbocycles. The van der Waals surface area contributed by atoms with Crippen LogP contribution in [0.5, 0.6) is 0 Å². The van der Waals surface area contributed by atoms with Crippen LogP contribution in [0, 0.1) is 0 Å². The Morgan fingerprint density at radius 1 is 1.15 bits per heavy atom. The zero-order chi connectivity index (χ0) is 13.8. The van der Waals surface area contributed by atoms with E-state index in [1.165, 1.54) is 38.5 Å². The highest BCUT2D eigenvalue weighted by atomic mass is 15.5. The van der Waals surface area contributed by atoms with Crippen molar-refractivity contribution >= 4 is 5.69 Å². The lowest BCUT2D eigenvalue weighted by atomic mass is 10.1. The molecule has 0 bridgehead atoms. The molecule has 0 unspecified atom stereocenters. The van der Waals surface area contributed by atoms with Gasteiger partial charge in [0.05, 0.1) is 0 Å². The summed E-state index contributed by atoms with van der Waals surface area (Å²) < 4.78 is 1.70. The minimum atomic E-state index is 0.602. The monoisotopic (exact) mass is 271 g/mol. The minimum Gasteiger partial charge on any atom is -0.382 e. The van der Waals surface area contributed by atoms with Gasteiger partial charge in [0, 0.05) is 24.3 Å². The second-order valence-corrected chi connectivity index (χ2v) is 5.54. The molecule has 3 rings (SSSR count). The van der Waals surface area contributed by atoms with Crippen LogP contribution in [-0.4, -0.2) is 26.2 Å². The third-order valence-corrected chi connectivity index (χ3v) is 3.97. The molecular weight excluding hydrogens is 250 g/mol. The number of tetrazole rings is 1. The molecule has 5 heteroatoms. The predicted molar refractivity (Wildman–Crippen MR) is 79.3 cm³/mol. The quantitative estimate of drug-likeness (QED) is 0.872. The van der Waals surface area contributed by atoms with Gasteiger partial charge in [-0.25, -0.2) is 4.68 Å². The van der Waals surface area contributed by atoms with Crippen LogP contribution in [0.1, 0.15) is 38.5 Å². The summed E-state index contributed by atoms with van der Waals surface area (Å²) in [5.41, 5.74) is 2.22. The molecule has 1 aliphatic rings. The number of aromatic nitrogens is 4. The van der Waals surface area contributed by atoms with E-state index >= 15 is 0 Å². The Balaban J connectivity index is 1.76. The van der Waals surface area contributed by atoms with E-state index in [1.807, 2.05) is 13.1 Å². The van der Waals surface area contributed by atoms with Gasteiger partial charge in [-0.1, -0.05) is 37.8 Å². The summed E-state index contributed by atoms with van der Waals surface area (Å²) in [6.45, 7) is 0. The van der Waals surface area contributed by atoms with E-state index in [2.05, 4.69) is 39.0 Å². The number of benzene rings is 1. The largest absolute Gasteiger partial charge is 0.382 e. The van der Waals surface area contributed by atoms with Crippen molar-refractivity contribution in [2.24, 2.45) is 7.05 Å². The zero-order valence-electron chi connectivity index (χ0n) is 11.9. The first-order valence-corrected chi connectivity index (χ1v) is 7.42. The number of aryl methyl sites for hydroxylation is 1. The van der Waals surface area contributed by atoms with E-state index in [4.69, 9.17) is 0 Å². The highest BCUT2D eigenvalue weighted by molar-refractivity contribution is 5.62. The van der Waals surface area contributed by atoms with E-state index < -0.39 is 0 Å². The van der Waals surface area contributed by atoms with Gasteiger partial charge in [0.25, 0.3) is 0 Å². The Morgan fingerprint density at radius 3 is 2.65 bits per heavy atom. The molecule has 20 heavy (non-hydrogen) atoms. The van der Waals surface area contributed by atoms with Crippen molar-refractivity contribution in [2.75, 3.05) is 5.32 Å². The molecule has 1 aromatic heterocycles. The lowest BCUT2D eigenvalue weighted by Gasteiger charge is -2.18. The molecule has 0 aliphatic heterocycles. The molecule has 1 fully saturated rings. The number of nitrogens with one attached hydrogen (secondary N) is 1. The maximum Gasteiger partial charge on any atom is 0.181 e. The van der Waals surface area contributed by atoms with E-state index in [1.54, 1.807) is 4.68 Å². The summed E-state index contributed by atoms with van der Waals surface area (Å²) in [6.07, 6.45) is 7.98. The van der Waals surface area contributed by atoms with Crippen LogP contribution in [0.2, 0.25) is 0 Å². The number of rotatable bonds is 3. The average molecular weight is 271 g/mol. The van der Waals surface area contributed by atoms with Gasteiger partial charge >= 0.3 is 0 Å². The molecule has 0 atom stereocenters. The number of anilines is 1. The van der Waals surface area contributed by atoms with Crippen LogP contribution >= 0.6 is 0 Å². The van der Waals surface area contributed by atoms with Crippen LogP contribution in [0.3, 0.4) is 0 Å². The second kappa shape index (κ2) is 6.03. The molecule has 1 aliphatic carbocycles. The summed E-state index contributed by atoms with van der Waals surface area (Å²) in [6, 6.07) is 8.97. The van der Waals surface area contributed by atoms with Gasteiger partial charge in [-0.05, 0) is 35.4 Å². The number of hydrogen-bond acceptors (Lipinski definition) is 4. The second-order valence-electron chi connectivity index (χ2n) is 5.54. The Kier molecular flexibility index (Phi) is 3.95. The number of hydrogen-bond donors (Lipinski definition) is 1. The van der Waals surface area contributed by atoms with Gasteiger partial charge in [-0.2, -0.15) is 0 Å². The summed E-state index contributed by atoms with van der Waals surface area (Å²) >= 11 is 0. The molecular formula is C15H21N5. The van der Waals surface area contributed by atoms with E-state index in [-0.39, 0.29) is 0 Å². The van der Waals surface area contributed by atoms with Crippen LogP contribution < -0.4 is 5.32 Å². The molecule has 0 amide bonds. The SMILES string of the molecule is Cn1nnnc1-c1cccc(NC2CCCCCC2)c1. The fourth-order valence-electron chi connectivity index (χ4n) is 2.88. The van der Waals surface area contributed by atoms with Crippen LogP contribution in [0.15, 0.2) is 24.3 Å². The van der Waals surface area contributed by atoms with Gasteiger partial charge in [-0.15, -0.1) is 5.10 Å². The molecule has 106 valence electrons. The van der Waals surface area contributed by atoms with Crippen molar-refractivity contribution in [1.29, 1.82) is 0 Å². The standard InChI is InChI=1S/C15H21N5/c1-20-15(17-18-19-20)12-7-6-10-14(11-12)16-13-8-4-2-3-5-9-13/h6-7,10-11,13,16H,2-5,8-9H2,1H3. The molecule has 0 radical (unpaired) electrons. The Labute approximate surface area is 119 Å². The Hall–Kier alpha value is -1.91. The fraction of sp³-hybridized carbons (Fsp3) is 0.533. The summed E-state index contributed by atoms with van der Waals surface area (Å²) in [4.78, 5) is 0. The third-order valence-electron chi connectivity index (χ3n) is 3.97. The Morgan fingerprint density at radius 2 is 1.95 bits per heavy atom. The van der Waals surface area contributed by atoms with Gasteiger partial charge in [0.1, 0.15) is 0 Å². The maximum atomic E-state index is 4.06. The Bertz CT molecular complexity index is 555. The topological polar surface area (TPSA) is 55.6 Å². The molecule has 1 heterocycles. The van der Waals surface area contributed by atoms with E-state index in [0.717, 1.165) is 17.1 Å². The van der Waals surface area contributed by atoms with Gasteiger partial charge in [0.15, 0.2) is 5.82 Å². The van der Waals surface area contributed by atoms with Crippen LogP contribution in [0.25, 0.3) is 11.4 Å². The molecule has 2 aromatic rings. The van der Waals surface area contributed by atoms with Crippen molar-refractivity contribution in [3.8, 4) is 11.4 Å². The first-order valence-electron chi connectivity index (χ1n) is 7.42. The van der Waals surface area contributed by atoms with E-state index in [9.17, 15) is 0 Å².